The van der Waals surface area contributed by atoms with Crippen molar-refractivity contribution in [1.29, 1.82) is 0 Å². The summed E-state index contributed by atoms with van der Waals surface area (Å²) in [5, 5.41) is 5.18. The van der Waals surface area contributed by atoms with Crippen molar-refractivity contribution >= 4 is 28.4 Å². The van der Waals surface area contributed by atoms with Crippen molar-refractivity contribution in [2.75, 3.05) is 5.43 Å². The molecule has 2 aromatic rings. The van der Waals surface area contributed by atoms with E-state index in [4.69, 9.17) is 11.8 Å². The highest BCUT2D eigenvalue weighted by Gasteiger charge is 2.02. The molecule has 0 saturated heterocycles. The Hall–Kier alpha value is -1.26. The zero-order valence-corrected chi connectivity index (χ0v) is 7.84. The summed E-state index contributed by atoms with van der Waals surface area (Å²) in [7, 11) is 1.90. The fourth-order valence-corrected chi connectivity index (χ4v) is 1.44. The van der Waals surface area contributed by atoms with Gasteiger partial charge < -0.3 is 5.43 Å². The minimum Gasteiger partial charge on any atom is -0.307 e. The first-order valence-corrected chi connectivity index (χ1v) is 4.23. The number of anilines is 1. The largest absolute Gasteiger partial charge is 0.307 e. The van der Waals surface area contributed by atoms with Gasteiger partial charge in [-0.1, -0.05) is 6.07 Å². The fraction of sp³-hybridized carbons (Fsp3) is 0.125. The van der Waals surface area contributed by atoms with E-state index in [2.05, 4.69) is 15.5 Å². The number of aromatic nitrogens is 2. The van der Waals surface area contributed by atoms with E-state index in [9.17, 15) is 0 Å². The van der Waals surface area contributed by atoms with Gasteiger partial charge in [0.05, 0.1) is 17.4 Å². The Morgan fingerprint density at radius 1 is 1.46 bits per heavy atom. The van der Waals surface area contributed by atoms with Crippen molar-refractivity contribution in [3.8, 4) is 0 Å². The summed E-state index contributed by atoms with van der Waals surface area (Å²) < 4.78 is 1.81. The summed E-state index contributed by atoms with van der Waals surface area (Å²) in [6.45, 7) is 0. The number of rotatable bonds is 2. The van der Waals surface area contributed by atoms with Gasteiger partial charge in [-0.3, -0.25) is 4.68 Å². The SMILES string of the molecule is Cn1ncc2c(NNCl)cccc21. The maximum absolute atomic E-state index is 5.35. The predicted octanol–water partition coefficient (Wildman–Crippen LogP) is 1.64. The van der Waals surface area contributed by atoms with Crippen LogP contribution >= 0.6 is 11.8 Å². The van der Waals surface area contributed by atoms with Crippen LogP contribution in [0.3, 0.4) is 0 Å². The third-order valence-corrected chi connectivity index (χ3v) is 2.07. The molecule has 0 atom stereocenters. The van der Waals surface area contributed by atoms with Crippen LogP contribution < -0.4 is 10.4 Å². The lowest BCUT2D eigenvalue weighted by molar-refractivity contribution is 0.797. The quantitative estimate of drug-likeness (QED) is 0.567. The number of benzene rings is 1. The average Bonchev–Trinajstić information content (AvgIpc) is 2.50. The van der Waals surface area contributed by atoms with Gasteiger partial charge in [-0.15, -0.1) is 4.94 Å². The molecule has 0 radical (unpaired) electrons. The summed E-state index contributed by atoms with van der Waals surface area (Å²) >= 11 is 5.35. The van der Waals surface area contributed by atoms with Crippen molar-refractivity contribution in [2.45, 2.75) is 0 Å². The molecule has 0 saturated carbocycles. The van der Waals surface area contributed by atoms with E-state index in [1.165, 1.54) is 0 Å². The Morgan fingerprint density at radius 2 is 2.31 bits per heavy atom. The number of hydrogen-bond donors (Lipinski definition) is 2. The summed E-state index contributed by atoms with van der Waals surface area (Å²) in [5.41, 5.74) is 4.81. The molecule has 0 fully saturated rings. The number of nitrogens with zero attached hydrogens (tertiary/aromatic N) is 2. The van der Waals surface area contributed by atoms with Crippen molar-refractivity contribution in [1.82, 2.24) is 14.7 Å². The highest BCUT2D eigenvalue weighted by Crippen LogP contribution is 2.21. The van der Waals surface area contributed by atoms with Gasteiger partial charge in [0.2, 0.25) is 0 Å². The van der Waals surface area contributed by atoms with E-state index in [0.717, 1.165) is 16.6 Å². The molecule has 2 rings (SSSR count). The van der Waals surface area contributed by atoms with Crippen molar-refractivity contribution in [3.63, 3.8) is 0 Å². The van der Waals surface area contributed by atoms with Crippen LogP contribution in [-0.4, -0.2) is 9.78 Å². The lowest BCUT2D eigenvalue weighted by atomic mass is 10.2. The molecule has 13 heavy (non-hydrogen) atoms. The zero-order valence-electron chi connectivity index (χ0n) is 7.08. The van der Waals surface area contributed by atoms with Crippen LogP contribution in [0.2, 0.25) is 0 Å². The van der Waals surface area contributed by atoms with E-state index in [1.807, 2.05) is 29.9 Å². The normalized spacial score (nSPS) is 10.6. The molecule has 0 amide bonds. The number of nitrogens with one attached hydrogen (secondary N) is 2. The van der Waals surface area contributed by atoms with Gasteiger partial charge in [-0.2, -0.15) is 5.10 Å². The van der Waals surface area contributed by atoms with E-state index < -0.39 is 0 Å². The second-order valence-electron chi connectivity index (χ2n) is 2.73. The number of aryl methyl sites for hydroxylation is 1. The second-order valence-corrected chi connectivity index (χ2v) is 2.92. The minimum absolute atomic E-state index is 0.917. The lowest BCUT2D eigenvalue weighted by Gasteiger charge is -2.03. The van der Waals surface area contributed by atoms with Crippen LogP contribution in [0.4, 0.5) is 5.69 Å². The van der Waals surface area contributed by atoms with E-state index >= 15 is 0 Å². The standard InChI is InChI=1S/C8H9ClN4/c1-13-8-4-2-3-7(11-12-9)6(8)5-10-13/h2-5,11-12H,1H3. The summed E-state index contributed by atoms with van der Waals surface area (Å²) in [6, 6.07) is 5.88. The summed E-state index contributed by atoms with van der Waals surface area (Å²) in [4.78, 5) is 2.37. The molecule has 0 bridgehead atoms. The Balaban J connectivity index is 2.63. The molecular formula is C8H9ClN4. The molecule has 2 N–H and O–H groups in total. The first-order valence-electron chi connectivity index (χ1n) is 3.85. The molecule has 68 valence electrons. The lowest BCUT2D eigenvalue weighted by Crippen LogP contribution is -2.08. The van der Waals surface area contributed by atoms with Crippen molar-refractivity contribution in [3.05, 3.63) is 24.4 Å². The third-order valence-electron chi connectivity index (χ3n) is 1.97. The molecule has 1 heterocycles. The highest BCUT2D eigenvalue weighted by atomic mass is 35.5. The maximum atomic E-state index is 5.35. The van der Waals surface area contributed by atoms with Gasteiger partial charge in [0, 0.05) is 12.4 Å². The summed E-state index contributed by atoms with van der Waals surface area (Å²) in [6.07, 6.45) is 1.80. The van der Waals surface area contributed by atoms with Crippen LogP contribution in [0.15, 0.2) is 24.4 Å². The molecule has 5 heteroatoms. The molecule has 1 aromatic heterocycles. The van der Waals surface area contributed by atoms with Gasteiger partial charge in [-0.25, -0.2) is 0 Å². The number of halogens is 1. The second kappa shape index (κ2) is 3.24. The number of hydrazine groups is 1. The van der Waals surface area contributed by atoms with Gasteiger partial charge in [0.1, 0.15) is 0 Å². The molecule has 0 unspecified atom stereocenters. The molecule has 0 aliphatic rings. The number of hydrogen-bond acceptors (Lipinski definition) is 3. The predicted molar refractivity (Wildman–Crippen MR) is 53.3 cm³/mol. The molecule has 1 aromatic carbocycles. The zero-order chi connectivity index (χ0) is 9.26. The van der Waals surface area contributed by atoms with Gasteiger partial charge in [0.15, 0.2) is 0 Å². The van der Waals surface area contributed by atoms with Crippen molar-refractivity contribution in [2.24, 2.45) is 7.05 Å². The Morgan fingerprint density at radius 3 is 3.08 bits per heavy atom. The third kappa shape index (κ3) is 1.34. The fourth-order valence-electron chi connectivity index (χ4n) is 1.34. The average molecular weight is 197 g/mol. The Kier molecular flexibility index (Phi) is 2.08. The molecule has 0 aliphatic heterocycles. The van der Waals surface area contributed by atoms with Gasteiger partial charge in [0.25, 0.3) is 0 Å². The Labute approximate surface area is 80.6 Å². The molecule has 0 aliphatic carbocycles. The van der Waals surface area contributed by atoms with Gasteiger partial charge >= 0.3 is 0 Å². The Bertz CT molecular complexity index is 423. The van der Waals surface area contributed by atoms with Gasteiger partial charge in [-0.05, 0) is 23.9 Å². The smallest absolute Gasteiger partial charge is 0.0700 e. The van der Waals surface area contributed by atoms with Crippen LogP contribution in [-0.2, 0) is 7.05 Å². The topological polar surface area (TPSA) is 41.9 Å². The monoisotopic (exact) mass is 196 g/mol. The maximum Gasteiger partial charge on any atom is 0.0700 e. The van der Waals surface area contributed by atoms with Crippen molar-refractivity contribution < 1.29 is 0 Å². The molecule has 4 nitrogen and oxygen atoms in total. The highest BCUT2D eigenvalue weighted by molar-refractivity contribution is 6.14. The van der Waals surface area contributed by atoms with Crippen LogP contribution in [0.5, 0.6) is 0 Å². The first-order chi connectivity index (χ1) is 6.33. The van der Waals surface area contributed by atoms with E-state index in [-0.39, 0.29) is 0 Å². The van der Waals surface area contributed by atoms with Crippen LogP contribution in [0.25, 0.3) is 10.9 Å². The van der Waals surface area contributed by atoms with E-state index in [1.54, 1.807) is 6.20 Å². The van der Waals surface area contributed by atoms with Crippen LogP contribution in [0, 0.1) is 0 Å². The first kappa shape index (κ1) is 8.34. The molecule has 0 spiro atoms. The summed E-state index contributed by atoms with van der Waals surface area (Å²) in [5.74, 6) is 0. The molecular weight excluding hydrogens is 188 g/mol. The van der Waals surface area contributed by atoms with Crippen LogP contribution in [0.1, 0.15) is 0 Å². The van der Waals surface area contributed by atoms with E-state index in [0.29, 0.717) is 0 Å². The number of fused-ring (bicyclic) bond motifs is 1. The minimum atomic E-state index is 0.917.